The normalized spacial score (nSPS) is 33.5. The molecule has 100 valence electrons. The Morgan fingerprint density at radius 2 is 2.00 bits per heavy atom. The highest BCUT2D eigenvalue weighted by Crippen LogP contribution is 2.39. The predicted molar refractivity (Wildman–Crippen MR) is 72.5 cm³/mol. The number of nitrogens with zero attached hydrogens (tertiary/aromatic N) is 2. The molecule has 0 radical (unpaired) electrons. The second-order valence-corrected chi connectivity index (χ2v) is 6.71. The maximum atomic E-state index is 6.24. The van der Waals surface area contributed by atoms with E-state index in [2.05, 4.69) is 10.1 Å². The minimum atomic E-state index is 0.192. The molecule has 2 aliphatic rings. The van der Waals surface area contributed by atoms with E-state index in [1.807, 2.05) is 11.8 Å². The van der Waals surface area contributed by atoms with Gasteiger partial charge in [0.25, 0.3) is 0 Å². The van der Waals surface area contributed by atoms with E-state index in [4.69, 9.17) is 10.3 Å². The Bertz CT molecular complexity index is 389. The van der Waals surface area contributed by atoms with Crippen LogP contribution in [0, 0.1) is 0 Å². The molecule has 1 aliphatic heterocycles. The van der Waals surface area contributed by atoms with Crippen molar-refractivity contribution in [3.63, 3.8) is 0 Å². The van der Waals surface area contributed by atoms with Crippen LogP contribution in [-0.4, -0.2) is 21.9 Å². The molecule has 18 heavy (non-hydrogen) atoms. The van der Waals surface area contributed by atoms with Crippen LogP contribution in [-0.2, 0) is 0 Å². The molecule has 0 aromatic carbocycles. The van der Waals surface area contributed by atoms with Gasteiger partial charge in [-0.1, -0.05) is 24.4 Å². The van der Waals surface area contributed by atoms with Gasteiger partial charge in [0.05, 0.1) is 11.2 Å². The quantitative estimate of drug-likeness (QED) is 0.834. The second kappa shape index (κ2) is 5.61. The van der Waals surface area contributed by atoms with Crippen LogP contribution >= 0.6 is 11.8 Å². The Kier molecular flexibility index (Phi) is 3.89. The molecule has 2 heterocycles. The number of nitrogens with two attached hydrogens (primary N) is 1. The number of rotatable bonds is 2. The molecule has 1 saturated heterocycles. The van der Waals surface area contributed by atoms with Crippen LogP contribution in [0.25, 0.3) is 0 Å². The molecule has 3 unspecified atom stereocenters. The first-order valence-electron chi connectivity index (χ1n) is 7.05. The predicted octanol–water partition coefficient (Wildman–Crippen LogP) is 3.01. The van der Waals surface area contributed by atoms with Crippen LogP contribution in [0.3, 0.4) is 0 Å². The molecular weight excluding hydrogens is 246 g/mol. The van der Waals surface area contributed by atoms with Gasteiger partial charge in [0.2, 0.25) is 5.89 Å². The maximum Gasteiger partial charge on any atom is 0.231 e. The summed E-state index contributed by atoms with van der Waals surface area (Å²) < 4.78 is 5.49. The summed E-state index contributed by atoms with van der Waals surface area (Å²) in [4.78, 5) is 4.63. The van der Waals surface area contributed by atoms with Crippen molar-refractivity contribution in [2.75, 3.05) is 5.75 Å². The molecular formula is C13H21N3OS. The lowest BCUT2D eigenvalue weighted by Gasteiger charge is -2.16. The third-order valence-corrected chi connectivity index (χ3v) is 5.43. The highest BCUT2D eigenvalue weighted by Gasteiger charge is 2.29. The largest absolute Gasteiger partial charge is 0.339 e. The Morgan fingerprint density at radius 3 is 2.83 bits per heavy atom. The van der Waals surface area contributed by atoms with Crippen LogP contribution in [0.1, 0.15) is 67.8 Å². The summed E-state index contributed by atoms with van der Waals surface area (Å²) in [6.07, 6.45) is 8.37. The van der Waals surface area contributed by atoms with Gasteiger partial charge in [0.1, 0.15) is 0 Å². The SMILES string of the molecule is NC1CCCCCC1c1nc(C2CCCS2)no1. The van der Waals surface area contributed by atoms with Crippen LogP contribution in [0.15, 0.2) is 4.52 Å². The number of aromatic nitrogens is 2. The summed E-state index contributed by atoms with van der Waals surface area (Å²) in [6.45, 7) is 0. The molecule has 0 bridgehead atoms. The van der Waals surface area contributed by atoms with E-state index in [1.165, 1.54) is 37.9 Å². The summed E-state index contributed by atoms with van der Waals surface area (Å²) >= 11 is 1.94. The number of hydrogen-bond donors (Lipinski definition) is 1. The van der Waals surface area contributed by atoms with E-state index in [0.29, 0.717) is 5.25 Å². The van der Waals surface area contributed by atoms with Gasteiger partial charge in [-0.3, -0.25) is 0 Å². The average Bonchev–Trinajstić information content (AvgIpc) is 3.00. The second-order valence-electron chi connectivity index (χ2n) is 5.40. The van der Waals surface area contributed by atoms with Crippen molar-refractivity contribution in [1.29, 1.82) is 0 Å². The minimum absolute atomic E-state index is 0.192. The molecule has 3 atom stereocenters. The smallest absolute Gasteiger partial charge is 0.231 e. The van der Waals surface area contributed by atoms with Crippen molar-refractivity contribution in [3.8, 4) is 0 Å². The Labute approximate surface area is 112 Å². The van der Waals surface area contributed by atoms with Crippen LogP contribution in [0.4, 0.5) is 0 Å². The zero-order valence-corrected chi connectivity index (χ0v) is 11.5. The fourth-order valence-electron chi connectivity index (χ4n) is 2.95. The topological polar surface area (TPSA) is 64.9 Å². The standard InChI is InChI=1S/C13H21N3OS/c14-10-6-3-1-2-5-9(10)13-15-12(16-17-13)11-7-4-8-18-11/h9-11H,1-8,14H2. The molecule has 0 spiro atoms. The lowest BCUT2D eigenvalue weighted by atomic mass is 9.95. The monoisotopic (exact) mass is 267 g/mol. The van der Waals surface area contributed by atoms with Gasteiger partial charge in [-0.2, -0.15) is 16.7 Å². The lowest BCUT2D eigenvalue weighted by Crippen LogP contribution is -2.27. The Morgan fingerprint density at radius 1 is 1.11 bits per heavy atom. The van der Waals surface area contributed by atoms with E-state index in [1.54, 1.807) is 0 Å². The molecule has 4 nitrogen and oxygen atoms in total. The molecule has 3 rings (SSSR count). The maximum absolute atomic E-state index is 6.24. The van der Waals surface area contributed by atoms with E-state index in [-0.39, 0.29) is 12.0 Å². The summed E-state index contributed by atoms with van der Waals surface area (Å²) in [7, 11) is 0. The highest BCUT2D eigenvalue weighted by atomic mass is 32.2. The first-order valence-corrected chi connectivity index (χ1v) is 8.10. The van der Waals surface area contributed by atoms with Crippen molar-refractivity contribution in [1.82, 2.24) is 10.1 Å². The summed E-state index contributed by atoms with van der Waals surface area (Å²) in [5, 5.41) is 4.62. The number of hydrogen-bond acceptors (Lipinski definition) is 5. The third kappa shape index (κ3) is 2.57. The molecule has 2 N–H and O–H groups in total. The minimum Gasteiger partial charge on any atom is -0.339 e. The fraction of sp³-hybridized carbons (Fsp3) is 0.846. The molecule has 1 aromatic rings. The van der Waals surface area contributed by atoms with Gasteiger partial charge in [-0.05, 0) is 31.4 Å². The van der Waals surface area contributed by atoms with E-state index in [9.17, 15) is 0 Å². The molecule has 2 fully saturated rings. The van der Waals surface area contributed by atoms with Crippen molar-refractivity contribution in [2.45, 2.75) is 62.2 Å². The summed E-state index contributed by atoms with van der Waals surface area (Å²) in [5.74, 6) is 3.17. The highest BCUT2D eigenvalue weighted by molar-refractivity contribution is 7.99. The van der Waals surface area contributed by atoms with Gasteiger partial charge >= 0.3 is 0 Å². The van der Waals surface area contributed by atoms with Gasteiger partial charge in [-0.15, -0.1) is 0 Å². The van der Waals surface area contributed by atoms with E-state index < -0.39 is 0 Å². The fourth-order valence-corrected chi connectivity index (χ4v) is 4.15. The van der Waals surface area contributed by atoms with Crippen molar-refractivity contribution in [2.24, 2.45) is 5.73 Å². The third-order valence-electron chi connectivity index (χ3n) is 4.06. The molecule has 1 aromatic heterocycles. The van der Waals surface area contributed by atoms with Gasteiger partial charge in [0, 0.05) is 6.04 Å². The van der Waals surface area contributed by atoms with Crippen LogP contribution in [0.2, 0.25) is 0 Å². The Balaban J connectivity index is 1.74. The van der Waals surface area contributed by atoms with Gasteiger partial charge in [0.15, 0.2) is 5.82 Å². The van der Waals surface area contributed by atoms with Gasteiger partial charge < -0.3 is 10.3 Å². The molecule has 5 heteroatoms. The lowest BCUT2D eigenvalue weighted by molar-refractivity contribution is 0.323. The zero-order chi connectivity index (χ0) is 12.4. The zero-order valence-electron chi connectivity index (χ0n) is 10.7. The molecule has 1 aliphatic carbocycles. The van der Waals surface area contributed by atoms with E-state index in [0.717, 1.165) is 24.6 Å². The van der Waals surface area contributed by atoms with Crippen LogP contribution < -0.4 is 5.73 Å². The molecule has 1 saturated carbocycles. The van der Waals surface area contributed by atoms with Crippen molar-refractivity contribution >= 4 is 11.8 Å². The Hall–Kier alpha value is -0.550. The molecule has 0 amide bonds. The summed E-state index contributed by atoms with van der Waals surface area (Å²) in [6, 6.07) is 0.192. The van der Waals surface area contributed by atoms with Gasteiger partial charge in [-0.25, -0.2) is 0 Å². The number of thioether (sulfide) groups is 1. The summed E-state index contributed by atoms with van der Waals surface area (Å²) in [5.41, 5.74) is 6.24. The average molecular weight is 267 g/mol. The van der Waals surface area contributed by atoms with Crippen molar-refractivity contribution < 1.29 is 4.52 Å². The van der Waals surface area contributed by atoms with E-state index >= 15 is 0 Å². The first-order chi connectivity index (χ1) is 8.84. The first kappa shape index (κ1) is 12.5. The van der Waals surface area contributed by atoms with Crippen LogP contribution in [0.5, 0.6) is 0 Å². The van der Waals surface area contributed by atoms with Crippen molar-refractivity contribution in [3.05, 3.63) is 11.7 Å².